The van der Waals surface area contributed by atoms with E-state index in [1.165, 1.54) is 22.3 Å². The van der Waals surface area contributed by atoms with Crippen LogP contribution < -0.4 is 16.4 Å². The first-order valence-corrected chi connectivity index (χ1v) is 14.8. The maximum Gasteiger partial charge on any atom is 0.251 e. The molecule has 3 rings (SSSR count). The minimum Gasteiger partial charge on any atom is -0.399 e. The van der Waals surface area contributed by atoms with Crippen molar-refractivity contribution in [1.82, 2.24) is 5.32 Å². The maximum atomic E-state index is 13.1. The van der Waals surface area contributed by atoms with Gasteiger partial charge in [-0.05, 0) is 98.9 Å². The van der Waals surface area contributed by atoms with E-state index in [1.54, 1.807) is 6.08 Å². The van der Waals surface area contributed by atoms with Gasteiger partial charge >= 0.3 is 0 Å². The normalized spacial score (nSPS) is 13.0. The molecule has 4 heteroatoms. The summed E-state index contributed by atoms with van der Waals surface area (Å²) in [4.78, 5) is 13.1. The molecule has 214 valence electrons. The summed E-state index contributed by atoms with van der Waals surface area (Å²) in [5, 5.41) is 6.66. The van der Waals surface area contributed by atoms with Crippen molar-refractivity contribution in [3.05, 3.63) is 99.4 Å². The Morgan fingerprint density at radius 3 is 2.05 bits per heavy atom. The summed E-state index contributed by atoms with van der Waals surface area (Å²) in [7, 11) is 0. The second kappa shape index (κ2) is 17.3. The SMILES string of the molecule is CC.CC.CCc1cc(N/C(C)=C/C(N)=C\C(C(=O)NC2Cc3ccccc3C2)=C(C)C)ccc1CC(C)C. The van der Waals surface area contributed by atoms with Gasteiger partial charge in [0, 0.05) is 28.7 Å². The van der Waals surface area contributed by atoms with E-state index in [9.17, 15) is 4.79 Å². The molecule has 0 radical (unpaired) electrons. The van der Waals surface area contributed by atoms with Gasteiger partial charge in [-0.25, -0.2) is 0 Å². The molecule has 2 aromatic carbocycles. The second-order valence-electron chi connectivity index (χ2n) is 10.3. The molecule has 0 aromatic heterocycles. The summed E-state index contributed by atoms with van der Waals surface area (Å²) < 4.78 is 0. The van der Waals surface area contributed by atoms with Gasteiger partial charge in [-0.2, -0.15) is 0 Å². The third kappa shape index (κ3) is 10.8. The van der Waals surface area contributed by atoms with Crippen LogP contribution in [0, 0.1) is 5.92 Å². The maximum absolute atomic E-state index is 13.1. The number of rotatable bonds is 9. The van der Waals surface area contributed by atoms with Gasteiger partial charge in [-0.3, -0.25) is 4.79 Å². The molecular formula is C35H53N3O. The summed E-state index contributed by atoms with van der Waals surface area (Å²) in [6.07, 6.45) is 7.50. The van der Waals surface area contributed by atoms with Gasteiger partial charge in [0.05, 0.1) is 0 Å². The van der Waals surface area contributed by atoms with Crippen molar-refractivity contribution in [2.45, 2.75) is 101 Å². The lowest BCUT2D eigenvalue weighted by molar-refractivity contribution is -0.117. The lowest BCUT2D eigenvalue weighted by Gasteiger charge is -2.15. The number of nitrogens with one attached hydrogen (secondary N) is 2. The summed E-state index contributed by atoms with van der Waals surface area (Å²) in [5.74, 6) is 0.564. The molecule has 1 aliphatic carbocycles. The van der Waals surface area contributed by atoms with E-state index in [4.69, 9.17) is 5.73 Å². The molecule has 1 amide bonds. The van der Waals surface area contributed by atoms with Gasteiger partial charge in [0.25, 0.3) is 5.91 Å². The molecule has 0 saturated carbocycles. The summed E-state index contributed by atoms with van der Waals surface area (Å²) >= 11 is 0. The Labute approximate surface area is 238 Å². The summed E-state index contributed by atoms with van der Waals surface area (Å²) in [5.41, 5.74) is 15.9. The van der Waals surface area contributed by atoms with Crippen LogP contribution in [0.3, 0.4) is 0 Å². The van der Waals surface area contributed by atoms with Crippen LogP contribution in [-0.2, 0) is 30.5 Å². The molecule has 1 aliphatic rings. The largest absolute Gasteiger partial charge is 0.399 e. The molecular weight excluding hydrogens is 478 g/mol. The molecule has 0 atom stereocenters. The molecule has 0 saturated heterocycles. The monoisotopic (exact) mass is 531 g/mol. The quantitative estimate of drug-likeness (QED) is 0.225. The molecule has 0 unspecified atom stereocenters. The first-order chi connectivity index (χ1) is 18.7. The number of aryl methyl sites for hydroxylation is 1. The van der Waals surface area contributed by atoms with Crippen molar-refractivity contribution < 1.29 is 4.79 Å². The fourth-order valence-electron chi connectivity index (χ4n) is 4.75. The van der Waals surface area contributed by atoms with Gasteiger partial charge in [0.2, 0.25) is 0 Å². The van der Waals surface area contributed by atoms with Crippen molar-refractivity contribution in [2.24, 2.45) is 11.7 Å². The van der Waals surface area contributed by atoms with Crippen LogP contribution in [0.15, 0.2) is 77.2 Å². The molecule has 39 heavy (non-hydrogen) atoms. The van der Waals surface area contributed by atoms with Gasteiger partial charge in [0.15, 0.2) is 0 Å². The van der Waals surface area contributed by atoms with Crippen LogP contribution in [-0.4, -0.2) is 11.9 Å². The molecule has 0 aliphatic heterocycles. The van der Waals surface area contributed by atoms with Crippen molar-refractivity contribution in [3.8, 4) is 0 Å². The number of carbonyl (C=O) groups is 1. The van der Waals surface area contributed by atoms with Crippen molar-refractivity contribution in [1.29, 1.82) is 0 Å². The number of nitrogens with two attached hydrogens (primary N) is 1. The zero-order valence-electron chi connectivity index (χ0n) is 26.2. The van der Waals surface area contributed by atoms with Gasteiger partial charge in [0.1, 0.15) is 0 Å². The number of hydrogen-bond acceptors (Lipinski definition) is 3. The van der Waals surface area contributed by atoms with Crippen molar-refractivity contribution >= 4 is 11.6 Å². The Hall–Kier alpha value is -3.27. The van der Waals surface area contributed by atoms with Gasteiger partial charge < -0.3 is 16.4 Å². The smallest absolute Gasteiger partial charge is 0.251 e. The van der Waals surface area contributed by atoms with Crippen molar-refractivity contribution in [2.75, 3.05) is 5.32 Å². The zero-order valence-corrected chi connectivity index (χ0v) is 26.2. The molecule has 4 nitrogen and oxygen atoms in total. The first kappa shape index (κ1) is 33.8. The number of benzene rings is 2. The Kier molecular flexibility index (Phi) is 15.0. The summed E-state index contributed by atoms with van der Waals surface area (Å²) in [6, 6.07) is 15.1. The standard InChI is InChI=1S/C31H41N3O.2C2H6/c1-7-23-16-28(13-12-26(23)14-20(2)3)33-22(6)15-27(32)19-30(21(4)5)31(35)34-29-17-24-10-8-9-11-25(24)18-29;2*1-2/h8-13,15-16,19-20,29,33H,7,14,17-18,32H2,1-6H3,(H,34,35);2*1-2H3/b22-15+,27-19+;;. The van der Waals surface area contributed by atoms with Crippen LogP contribution in [0.1, 0.15) is 91.5 Å². The number of anilines is 1. The van der Waals surface area contributed by atoms with Crippen LogP contribution in [0.2, 0.25) is 0 Å². The summed E-state index contributed by atoms with van der Waals surface area (Å²) in [6.45, 7) is 20.6. The number of hydrogen-bond donors (Lipinski definition) is 3. The highest BCUT2D eigenvalue weighted by Crippen LogP contribution is 2.23. The van der Waals surface area contributed by atoms with Gasteiger partial charge in [-0.15, -0.1) is 0 Å². The first-order valence-electron chi connectivity index (χ1n) is 14.8. The Morgan fingerprint density at radius 2 is 1.54 bits per heavy atom. The number of carbonyl (C=O) groups excluding carboxylic acids is 1. The van der Waals surface area contributed by atoms with E-state index in [1.807, 2.05) is 54.5 Å². The molecule has 0 spiro atoms. The van der Waals surface area contributed by atoms with Crippen LogP contribution in [0.5, 0.6) is 0 Å². The minimum absolute atomic E-state index is 0.0712. The molecule has 4 N–H and O–H groups in total. The van der Waals surface area contributed by atoms with Crippen LogP contribution in [0.25, 0.3) is 0 Å². The highest BCUT2D eigenvalue weighted by atomic mass is 16.1. The molecule has 2 aromatic rings. The van der Waals surface area contributed by atoms with Gasteiger partial charge in [-0.1, -0.05) is 84.4 Å². The highest BCUT2D eigenvalue weighted by molar-refractivity contribution is 5.97. The average molecular weight is 532 g/mol. The van der Waals surface area contributed by atoms with Crippen molar-refractivity contribution in [3.63, 3.8) is 0 Å². The van der Waals surface area contributed by atoms with E-state index in [2.05, 4.69) is 73.9 Å². The lowest BCUT2D eigenvalue weighted by atomic mass is 9.96. The predicted octanol–water partition coefficient (Wildman–Crippen LogP) is 8.28. The lowest BCUT2D eigenvalue weighted by Crippen LogP contribution is -2.36. The van der Waals surface area contributed by atoms with E-state index < -0.39 is 0 Å². The van der Waals surface area contributed by atoms with E-state index >= 15 is 0 Å². The number of fused-ring (bicyclic) bond motifs is 1. The Balaban J connectivity index is 0.00000181. The molecule has 0 fully saturated rings. The number of allylic oxidation sites excluding steroid dienone is 3. The Morgan fingerprint density at radius 1 is 0.949 bits per heavy atom. The third-order valence-electron chi connectivity index (χ3n) is 6.42. The van der Waals surface area contributed by atoms with Crippen LogP contribution in [0.4, 0.5) is 5.69 Å². The predicted molar refractivity (Wildman–Crippen MR) is 171 cm³/mol. The topological polar surface area (TPSA) is 67.1 Å². The highest BCUT2D eigenvalue weighted by Gasteiger charge is 2.23. The van der Waals surface area contributed by atoms with E-state index in [-0.39, 0.29) is 11.9 Å². The van der Waals surface area contributed by atoms with E-state index in [0.717, 1.165) is 42.6 Å². The van der Waals surface area contributed by atoms with Crippen LogP contribution >= 0.6 is 0 Å². The molecule has 0 heterocycles. The average Bonchev–Trinajstić information content (AvgIpc) is 3.32. The minimum atomic E-state index is -0.0712. The zero-order chi connectivity index (χ0) is 29.5. The number of amides is 1. The fraction of sp³-hybridized carbons (Fsp3) is 0.457. The third-order valence-corrected chi connectivity index (χ3v) is 6.42. The fourth-order valence-corrected chi connectivity index (χ4v) is 4.75. The van der Waals surface area contributed by atoms with E-state index in [0.29, 0.717) is 17.2 Å². The second-order valence-corrected chi connectivity index (χ2v) is 10.3. The molecule has 0 bridgehead atoms. The Bertz CT molecular complexity index is 1130.